The second kappa shape index (κ2) is 4.94. The lowest BCUT2D eigenvalue weighted by Gasteiger charge is -2.15. The summed E-state index contributed by atoms with van der Waals surface area (Å²) in [5.41, 5.74) is 5.82. The molecule has 1 aromatic heterocycles. The summed E-state index contributed by atoms with van der Waals surface area (Å²) in [6.45, 7) is 0.403. The van der Waals surface area contributed by atoms with E-state index in [1.54, 1.807) is 11.9 Å². The van der Waals surface area contributed by atoms with Gasteiger partial charge in [0.25, 0.3) is 0 Å². The van der Waals surface area contributed by atoms with Crippen LogP contribution in [0.1, 0.15) is 10.4 Å². The molecule has 0 aliphatic carbocycles. The minimum atomic E-state index is -0.513. The van der Waals surface area contributed by atoms with E-state index in [1.807, 2.05) is 0 Å². The van der Waals surface area contributed by atoms with Crippen molar-refractivity contribution in [2.75, 3.05) is 37.9 Å². The van der Waals surface area contributed by atoms with Crippen LogP contribution in [-0.4, -0.2) is 42.8 Å². The van der Waals surface area contributed by atoms with Gasteiger partial charge < -0.3 is 20.5 Å². The predicted octanol–water partition coefficient (Wildman–Crippen LogP) is -0.0596. The molecule has 0 fully saturated rings. The van der Waals surface area contributed by atoms with Gasteiger partial charge in [0.05, 0.1) is 13.7 Å². The van der Waals surface area contributed by atoms with Crippen molar-refractivity contribution in [3.05, 3.63) is 5.56 Å². The van der Waals surface area contributed by atoms with Crippen LogP contribution in [0.2, 0.25) is 0 Å². The average molecular weight is 231 g/mol. The van der Waals surface area contributed by atoms with Gasteiger partial charge in [0.1, 0.15) is 10.6 Å². The molecule has 7 heteroatoms. The lowest BCUT2D eigenvalue weighted by molar-refractivity contribution is 0.0603. The number of carbonyl (C=O) groups excluding carboxylic acids is 1. The van der Waals surface area contributed by atoms with Crippen molar-refractivity contribution in [2.45, 2.75) is 0 Å². The third-order valence-electron chi connectivity index (χ3n) is 1.87. The summed E-state index contributed by atoms with van der Waals surface area (Å²) in [4.78, 5) is 13.1. The second-order valence-corrected chi connectivity index (χ2v) is 3.64. The van der Waals surface area contributed by atoms with Crippen LogP contribution in [0.5, 0.6) is 0 Å². The van der Waals surface area contributed by atoms with E-state index in [1.165, 1.54) is 7.11 Å². The molecule has 0 saturated carbocycles. The van der Waals surface area contributed by atoms with E-state index in [0.29, 0.717) is 11.5 Å². The fourth-order valence-corrected chi connectivity index (χ4v) is 1.89. The summed E-state index contributed by atoms with van der Waals surface area (Å²) in [5, 5.41) is 9.39. The first-order chi connectivity index (χ1) is 7.11. The number of ether oxygens (including phenoxy) is 1. The highest BCUT2D eigenvalue weighted by molar-refractivity contribution is 7.11. The van der Waals surface area contributed by atoms with Crippen molar-refractivity contribution in [1.29, 1.82) is 0 Å². The van der Waals surface area contributed by atoms with Gasteiger partial charge in [0.2, 0.25) is 0 Å². The first-order valence-corrected chi connectivity index (χ1v) is 5.04. The SMILES string of the molecule is COC(=O)c1c(N)nsc1N(C)CCO. The maximum absolute atomic E-state index is 11.4. The number of aliphatic hydroxyl groups excluding tert-OH is 1. The molecule has 1 heterocycles. The molecular weight excluding hydrogens is 218 g/mol. The summed E-state index contributed by atoms with van der Waals surface area (Å²) < 4.78 is 8.49. The number of methoxy groups -OCH3 is 1. The molecule has 1 aromatic rings. The van der Waals surface area contributed by atoms with Crippen molar-refractivity contribution in [1.82, 2.24) is 4.37 Å². The number of nitrogens with two attached hydrogens (primary N) is 1. The topological polar surface area (TPSA) is 88.7 Å². The minimum absolute atomic E-state index is 0.00504. The van der Waals surface area contributed by atoms with Gasteiger partial charge in [0.15, 0.2) is 5.82 Å². The Morgan fingerprint density at radius 2 is 2.40 bits per heavy atom. The Morgan fingerprint density at radius 1 is 1.73 bits per heavy atom. The van der Waals surface area contributed by atoms with Crippen LogP contribution in [0, 0.1) is 0 Å². The molecule has 0 bridgehead atoms. The smallest absolute Gasteiger partial charge is 0.344 e. The third-order valence-corrected chi connectivity index (χ3v) is 2.85. The lowest BCUT2D eigenvalue weighted by Crippen LogP contribution is -2.22. The number of hydrogen-bond donors (Lipinski definition) is 2. The van der Waals surface area contributed by atoms with Gasteiger partial charge in [-0.3, -0.25) is 0 Å². The van der Waals surface area contributed by atoms with E-state index < -0.39 is 5.97 Å². The zero-order chi connectivity index (χ0) is 11.4. The first-order valence-electron chi connectivity index (χ1n) is 4.27. The number of likely N-dealkylation sites (N-methyl/N-ethyl adjacent to an activating group) is 1. The zero-order valence-electron chi connectivity index (χ0n) is 8.56. The molecule has 84 valence electrons. The molecule has 0 aromatic carbocycles. The van der Waals surface area contributed by atoms with Crippen LogP contribution >= 0.6 is 11.5 Å². The highest BCUT2D eigenvalue weighted by Crippen LogP contribution is 2.29. The maximum atomic E-state index is 11.4. The van der Waals surface area contributed by atoms with Crippen LogP contribution in [0.25, 0.3) is 0 Å². The number of esters is 1. The Kier molecular flexibility index (Phi) is 3.87. The molecule has 0 amide bonds. The molecule has 0 spiro atoms. The molecule has 0 aliphatic heterocycles. The fourth-order valence-electron chi connectivity index (χ4n) is 1.10. The molecule has 15 heavy (non-hydrogen) atoms. The van der Waals surface area contributed by atoms with Crippen LogP contribution < -0.4 is 10.6 Å². The first kappa shape index (κ1) is 11.7. The molecule has 0 aliphatic rings. The Balaban J connectivity index is 3.02. The van der Waals surface area contributed by atoms with Gasteiger partial charge in [-0.05, 0) is 11.5 Å². The third kappa shape index (κ3) is 2.37. The number of aliphatic hydroxyl groups is 1. The standard InChI is InChI=1S/C8H13N3O3S/c1-11(3-4-12)7-5(8(13)14-2)6(9)10-15-7/h12H,3-4H2,1-2H3,(H2,9,10). The number of anilines is 2. The fraction of sp³-hybridized carbons (Fsp3) is 0.500. The highest BCUT2D eigenvalue weighted by Gasteiger charge is 2.22. The maximum Gasteiger partial charge on any atom is 0.344 e. The molecule has 1 rings (SSSR count). The molecule has 3 N–H and O–H groups in total. The molecular formula is C8H13N3O3S. The lowest BCUT2D eigenvalue weighted by atomic mass is 10.3. The Hall–Kier alpha value is -1.34. The van der Waals surface area contributed by atoms with Gasteiger partial charge >= 0.3 is 5.97 Å². The molecule has 0 saturated heterocycles. The van der Waals surface area contributed by atoms with Gasteiger partial charge in [-0.1, -0.05) is 0 Å². The summed E-state index contributed by atoms with van der Waals surface area (Å²) in [7, 11) is 3.03. The van der Waals surface area contributed by atoms with Gasteiger partial charge in [-0.25, -0.2) is 4.79 Å². The molecule has 6 nitrogen and oxygen atoms in total. The number of rotatable bonds is 4. The van der Waals surface area contributed by atoms with E-state index in [-0.39, 0.29) is 18.0 Å². The van der Waals surface area contributed by atoms with Gasteiger partial charge in [-0.15, -0.1) is 0 Å². The number of hydrogen-bond acceptors (Lipinski definition) is 7. The normalized spacial score (nSPS) is 10.1. The van der Waals surface area contributed by atoms with Crippen LogP contribution in [0.15, 0.2) is 0 Å². The van der Waals surface area contributed by atoms with Crippen LogP contribution in [0.4, 0.5) is 10.8 Å². The quantitative estimate of drug-likeness (QED) is 0.706. The summed E-state index contributed by atoms with van der Waals surface area (Å²) in [6.07, 6.45) is 0. The van der Waals surface area contributed by atoms with E-state index >= 15 is 0 Å². The number of nitrogens with zero attached hydrogens (tertiary/aromatic N) is 2. The number of aromatic nitrogens is 1. The van der Waals surface area contributed by atoms with Crippen molar-refractivity contribution >= 4 is 28.3 Å². The minimum Gasteiger partial charge on any atom is -0.465 e. The van der Waals surface area contributed by atoms with E-state index in [4.69, 9.17) is 10.8 Å². The number of carbonyl (C=O) groups is 1. The van der Waals surface area contributed by atoms with Crippen molar-refractivity contribution in [3.8, 4) is 0 Å². The van der Waals surface area contributed by atoms with Crippen LogP contribution in [0.3, 0.4) is 0 Å². The predicted molar refractivity (Wildman–Crippen MR) is 58.2 cm³/mol. The van der Waals surface area contributed by atoms with Gasteiger partial charge in [0, 0.05) is 13.6 Å². The van der Waals surface area contributed by atoms with Crippen molar-refractivity contribution < 1.29 is 14.6 Å². The summed E-state index contributed by atoms with van der Waals surface area (Å²) in [6, 6.07) is 0. The number of nitrogen functional groups attached to an aromatic ring is 1. The largest absolute Gasteiger partial charge is 0.465 e. The summed E-state index contributed by atoms with van der Waals surface area (Å²) in [5.74, 6) is -0.354. The van der Waals surface area contributed by atoms with Crippen molar-refractivity contribution in [2.24, 2.45) is 0 Å². The monoisotopic (exact) mass is 231 g/mol. The van der Waals surface area contributed by atoms with E-state index in [0.717, 1.165) is 11.5 Å². The molecule has 0 unspecified atom stereocenters. The second-order valence-electron chi connectivity index (χ2n) is 2.88. The molecule has 0 atom stereocenters. The Morgan fingerprint density at radius 3 is 2.93 bits per heavy atom. The summed E-state index contributed by atoms with van der Waals surface area (Å²) >= 11 is 1.11. The highest BCUT2D eigenvalue weighted by atomic mass is 32.1. The zero-order valence-corrected chi connectivity index (χ0v) is 9.37. The van der Waals surface area contributed by atoms with E-state index in [2.05, 4.69) is 9.11 Å². The average Bonchev–Trinajstić information content (AvgIpc) is 2.59. The van der Waals surface area contributed by atoms with Crippen molar-refractivity contribution in [3.63, 3.8) is 0 Å². The Labute approximate surface area is 91.4 Å². The van der Waals surface area contributed by atoms with E-state index in [9.17, 15) is 4.79 Å². The van der Waals surface area contributed by atoms with Gasteiger partial charge in [-0.2, -0.15) is 4.37 Å². The molecule has 0 radical (unpaired) electrons. The van der Waals surface area contributed by atoms with Crippen LogP contribution in [-0.2, 0) is 4.74 Å². The Bertz CT molecular complexity index is 353.